The highest BCUT2D eigenvalue weighted by Gasteiger charge is 2.25. The quantitative estimate of drug-likeness (QED) is 0.0527. The first-order chi connectivity index (χ1) is 20.1. The number of hydrogen-bond donors (Lipinski definition) is 0. The molecule has 42 heavy (non-hydrogen) atoms. The topological polar surface area (TPSA) is 102 Å². The molecule has 0 aliphatic heterocycles. The maximum Gasteiger partial charge on any atom is 0.306 e. The fourth-order valence-corrected chi connectivity index (χ4v) is 5.05. The third-order valence-electron chi connectivity index (χ3n) is 7.71. The zero-order chi connectivity index (χ0) is 31.5. The van der Waals surface area contributed by atoms with Gasteiger partial charge in [-0.2, -0.15) is 0 Å². The average Bonchev–Trinajstić information content (AvgIpc) is 2.92. The van der Waals surface area contributed by atoms with Crippen LogP contribution in [0.4, 0.5) is 0 Å². The molecule has 0 aromatic heterocycles. The van der Waals surface area contributed by atoms with Gasteiger partial charge in [0, 0.05) is 19.3 Å². The number of quaternary nitrogens is 1. The average molecular weight is 600 g/mol. The zero-order valence-electron chi connectivity index (χ0n) is 27.9. The van der Waals surface area contributed by atoms with E-state index in [0.29, 0.717) is 19.3 Å². The molecule has 8 nitrogen and oxygen atoms in total. The van der Waals surface area contributed by atoms with Crippen LogP contribution in [0.2, 0.25) is 0 Å². The summed E-state index contributed by atoms with van der Waals surface area (Å²) in [5.41, 5.74) is 0. The van der Waals surface area contributed by atoms with Crippen LogP contribution in [-0.4, -0.2) is 75.5 Å². The summed E-state index contributed by atoms with van der Waals surface area (Å²) in [4.78, 5) is 35.7. The Morgan fingerprint density at radius 2 is 1.10 bits per heavy atom. The van der Waals surface area contributed by atoms with Crippen LogP contribution in [0.3, 0.4) is 0 Å². The number of rotatable bonds is 30. The van der Waals surface area contributed by atoms with Crippen LogP contribution in [0.15, 0.2) is 0 Å². The van der Waals surface area contributed by atoms with E-state index in [2.05, 4.69) is 6.92 Å². The molecule has 0 aromatic carbocycles. The Morgan fingerprint density at radius 3 is 1.52 bits per heavy atom. The molecule has 0 aliphatic carbocycles. The largest absolute Gasteiger partial charge is 0.544 e. The molecule has 0 bridgehead atoms. The second-order valence-electron chi connectivity index (χ2n) is 12.8. The monoisotopic (exact) mass is 599 g/mol. The maximum absolute atomic E-state index is 12.4. The van der Waals surface area contributed by atoms with Crippen molar-refractivity contribution in [1.82, 2.24) is 0 Å². The lowest BCUT2D eigenvalue weighted by Gasteiger charge is -2.34. The third kappa shape index (κ3) is 24.9. The SMILES string of the molecule is CCCCCCCCCCCCCCCCCCCC(=O)OC(COCCC(C(=O)[O-])[N+](C)(C)C)COC(=O)CCC. The van der Waals surface area contributed by atoms with Crippen molar-refractivity contribution in [3.8, 4) is 0 Å². The Kier molecular flexibility index (Phi) is 25.8. The molecule has 8 heteroatoms. The number of esters is 2. The van der Waals surface area contributed by atoms with Crippen molar-refractivity contribution in [3.63, 3.8) is 0 Å². The van der Waals surface area contributed by atoms with E-state index in [1.807, 2.05) is 6.92 Å². The molecule has 0 rings (SSSR count). The lowest BCUT2D eigenvalue weighted by Crippen LogP contribution is -2.55. The minimum Gasteiger partial charge on any atom is -0.544 e. The van der Waals surface area contributed by atoms with E-state index >= 15 is 0 Å². The Balaban J connectivity index is 4.04. The van der Waals surface area contributed by atoms with E-state index in [9.17, 15) is 19.5 Å². The first-order valence-electron chi connectivity index (χ1n) is 17.1. The van der Waals surface area contributed by atoms with Gasteiger partial charge in [0.1, 0.15) is 12.6 Å². The van der Waals surface area contributed by atoms with Crippen LogP contribution in [0.1, 0.15) is 149 Å². The molecule has 0 radical (unpaired) electrons. The van der Waals surface area contributed by atoms with Crippen LogP contribution in [0.5, 0.6) is 0 Å². The van der Waals surface area contributed by atoms with Gasteiger partial charge in [-0.3, -0.25) is 9.59 Å². The molecule has 0 aliphatic rings. The highest BCUT2D eigenvalue weighted by Crippen LogP contribution is 2.15. The smallest absolute Gasteiger partial charge is 0.306 e. The van der Waals surface area contributed by atoms with Crippen LogP contribution in [0.25, 0.3) is 0 Å². The fourth-order valence-electron chi connectivity index (χ4n) is 5.05. The number of carbonyl (C=O) groups excluding carboxylic acids is 3. The highest BCUT2D eigenvalue weighted by atomic mass is 16.6. The predicted octanol–water partition coefficient (Wildman–Crippen LogP) is 6.51. The van der Waals surface area contributed by atoms with Crippen molar-refractivity contribution in [3.05, 3.63) is 0 Å². The number of likely N-dealkylation sites (N-methyl/N-ethyl adjacent to an activating group) is 1. The first-order valence-corrected chi connectivity index (χ1v) is 17.1. The van der Waals surface area contributed by atoms with E-state index in [1.165, 1.54) is 89.9 Å². The molecule has 0 saturated carbocycles. The zero-order valence-corrected chi connectivity index (χ0v) is 27.9. The van der Waals surface area contributed by atoms with Gasteiger partial charge in [-0.25, -0.2) is 0 Å². The summed E-state index contributed by atoms with van der Waals surface area (Å²) in [6, 6.07) is -0.715. The number of aliphatic carboxylic acids is 1. The van der Waals surface area contributed by atoms with Crippen molar-refractivity contribution >= 4 is 17.9 Å². The highest BCUT2D eigenvalue weighted by molar-refractivity contribution is 5.70. The minimum atomic E-state index is -1.13. The van der Waals surface area contributed by atoms with Gasteiger partial charge in [0.25, 0.3) is 0 Å². The summed E-state index contributed by atoms with van der Waals surface area (Å²) in [7, 11) is 5.37. The molecule has 0 spiro atoms. The van der Waals surface area contributed by atoms with Crippen LogP contribution >= 0.6 is 0 Å². The molecule has 0 N–H and O–H groups in total. The number of unbranched alkanes of at least 4 members (excludes halogenated alkanes) is 16. The second kappa shape index (κ2) is 26.9. The summed E-state index contributed by atoms with van der Waals surface area (Å²) in [5.74, 6) is -1.79. The van der Waals surface area contributed by atoms with Crippen LogP contribution in [0, 0.1) is 0 Å². The molecular weight excluding hydrogens is 534 g/mol. The third-order valence-corrected chi connectivity index (χ3v) is 7.71. The van der Waals surface area contributed by atoms with Gasteiger partial charge in [-0.1, -0.05) is 117 Å². The van der Waals surface area contributed by atoms with Gasteiger partial charge in [0.05, 0.1) is 40.3 Å². The van der Waals surface area contributed by atoms with Gasteiger partial charge in [-0.15, -0.1) is 0 Å². The number of hydrogen-bond acceptors (Lipinski definition) is 7. The lowest BCUT2D eigenvalue weighted by atomic mass is 10.0. The molecule has 0 saturated heterocycles. The number of carbonyl (C=O) groups is 3. The Morgan fingerprint density at radius 1 is 0.619 bits per heavy atom. The van der Waals surface area contributed by atoms with Gasteiger partial charge in [0.15, 0.2) is 6.10 Å². The maximum atomic E-state index is 12.4. The summed E-state index contributed by atoms with van der Waals surface area (Å²) < 4.78 is 16.7. The molecule has 2 unspecified atom stereocenters. The summed E-state index contributed by atoms with van der Waals surface area (Å²) in [6.07, 6.45) is 22.7. The second-order valence-corrected chi connectivity index (χ2v) is 12.8. The van der Waals surface area contributed by atoms with Crippen molar-refractivity contribution in [1.29, 1.82) is 0 Å². The molecule has 2 atom stereocenters. The first kappa shape index (κ1) is 40.3. The van der Waals surface area contributed by atoms with E-state index < -0.39 is 18.1 Å². The van der Waals surface area contributed by atoms with Crippen molar-refractivity contribution in [2.24, 2.45) is 0 Å². The Bertz CT molecular complexity index is 677. The number of carboxylic acids is 1. The van der Waals surface area contributed by atoms with Crippen LogP contribution in [-0.2, 0) is 28.6 Å². The summed E-state index contributed by atoms with van der Waals surface area (Å²) in [6.45, 7) is 4.31. The fraction of sp³-hybridized carbons (Fsp3) is 0.912. The van der Waals surface area contributed by atoms with E-state index in [1.54, 1.807) is 21.1 Å². The van der Waals surface area contributed by atoms with Crippen molar-refractivity contribution in [2.45, 2.75) is 161 Å². The van der Waals surface area contributed by atoms with E-state index in [4.69, 9.17) is 14.2 Å². The number of carboxylic acid groups (broad SMARTS) is 1. The van der Waals surface area contributed by atoms with Gasteiger partial charge in [0.2, 0.25) is 0 Å². The van der Waals surface area contributed by atoms with Crippen LogP contribution < -0.4 is 5.11 Å². The predicted molar refractivity (Wildman–Crippen MR) is 167 cm³/mol. The molecule has 0 heterocycles. The van der Waals surface area contributed by atoms with Crippen molar-refractivity contribution in [2.75, 3.05) is 41.0 Å². The van der Waals surface area contributed by atoms with E-state index in [0.717, 1.165) is 19.3 Å². The van der Waals surface area contributed by atoms with Gasteiger partial charge >= 0.3 is 11.9 Å². The number of ether oxygens (including phenoxy) is 3. The molecular formula is C34H65NO7. The van der Waals surface area contributed by atoms with Gasteiger partial charge < -0.3 is 28.6 Å². The lowest BCUT2D eigenvalue weighted by molar-refractivity contribution is -0.889. The molecule has 0 fully saturated rings. The minimum absolute atomic E-state index is 0.0428. The molecule has 248 valence electrons. The summed E-state index contributed by atoms with van der Waals surface area (Å²) >= 11 is 0. The summed E-state index contributed by atoms with van der Waals surface area (Å²) in [5, 5.41) is 11.4. The number of nitrogens with zero attached hydrogens (tertiary/aromatic N) is 1. The normalized spacial score (nSPS) is 13.1. The van der Waals surface area contributed by atoms with Crippen molar-refractivity contribution < 1.29 is 38.2 Å². The van der Waals surface area contributed by atoms with Gasteiger partial charge in [-0.05, 0) is 12.8 Å². The molecule has 0 amide bonds. The Labute approximate surface area is 257 Å². The standard InChI is InChI=1S/C34H65NO7/c1-6-8-9-10-11-12-13-14-15-16-17-18-19-20-21-22-23-25-33(37)42-30(29-41-32(36)24-7-2)28-40-27-26-31(34(38)39)35(3,4)5/h30-31H,6-29H2,1-5H3. The molecule has 0 aromatic rings. The Hall–Kier alpha value is -1.67. The van der Waals surface area contributed by atoms with E-state index in [-0.39, 0.29) is 42.7 Å².